The molecule has 1 aliphatic rings. The number of aryl methyl sites for hydroxylation is 1. The molecule has 3 rings (SSSR count). The van der Waals surface area contributed by atoms with Crippen molar-refractivity contribution in [3.8, 4) is 0 Å². The third-order valence-electron chi connectivity index (χ3n) is 4.35. The topological polar surface area (TPSA) is 36.1 Å². The molecule has 1 N–H and O–H groups in total. The van der Waals surface area contributed by atoms with E-state index in [9.17, 15) is 9.18 Å². The first-order valence-corrected chi connectivity index (χ1v) is 7.07. The quantitative estimate of drug-likeness (QED) is 0.868. The van der Waals surface area contributed by atoms with Crippen LogP contribution in [0.15, 0.2) is 23.0 Å². The van der Waals surface area contributed by atoms with Crippen molar-refractivity contribution in [3.63, 3.8) is 0 Å². The molecule has 0 radical (unpaired) electrons. The van der Waals surface area contributed by atoms with Gasteiger partial charge in [-0.3, -0.25) is 4.79 Å². The normalized spacial score (nSPS) is 17.8. The van der Waals surface area contributed by atoms with Gasteiger partial charge in [0.15, 0.2) is 0 Å². The van der Waals surface area contributed by atoms with Crippen molar-refractivity contribution in [1.29, 1.82) is 0 Å². The van der Waals surface area contributed by atoms with Crippen LogP contribution in [0.5, 0.6) is 0 Å². The number of pyridine rings is 1. The van der Waals surface area contributed by atoms with E-state index in [1.165, 1.54) is 17.7 Å². The van der Waals surface area contributed by atoms with Gasteiger partial charge in [0.1, 0.15) is 5.82 Å². The number of H-pyrrole nitrogens is 1. The van der Waals surface area contributed by atoms with Crippen LogP contribution in [0.3, 0.4) is 0 Å². The predicted molar refractivity (Wildman–Crippen MR) is 78.7 cm³/mol. The first-order chi connectivity index (χ1) is 9.56. The summed E-state index contributed by atoms with van der Waals surface area (Å²) in [6, 6.07) is 4.53. The average molecular weight is 274 g/mol. The number of fused-ring (bicyclic) bond motifs is 1. The molecule has 0 aliphatic carbocycles. The fraction of sp³-hybridized carbons (Fsp3) is 0.438. The van der Waals surface area contributed by atoms with Gasteiger partial charge in [-0.1, -0.05) is 6.07 Å². The molecule has 0 saturated carbocycles. The third-order valence-corrected chi connectivity index (χ3v) is 4.35. The van der Waals surface area contributed by atoms with Gasteiger partial charge in [-0.15, -0.1) is 0 Å². The van der Waals surface area contributed by atoms with Crippen molar-refractivity contribution >= 4 is 10.8 Å². The minimum Gasteiger partial charge on any atom is -0.326 e. The second-order valence-electron chi connectivity index (χ2n) is 5.76. The largest absolute Gasteiger partial charge is 0.326 e. The standard InChI is InChI=1S/C16H19FN2O/c1-10-15(11-5-7-19(2)8-6-11)13-4-3-12(17)9-14(13)16(20)18-10/h3-4,9,11H,5-8H2,1-2H3,(H,18,20). The second-order valence-corrected chi connectivity index (χ2v) is 5.76. The lowest BCUT2D eigenvalue weighted by atomic mass is 9.86. The smallest absolute Gasteiger partial charge is 0.256 e. The zero-order chi connectivity index (χ0) is 14.3. The average Bonchev–Trinajstić information content (AvgIpc) is 2.41. The third kappa shape index (κ3) is 2.24. The van der Waals surface area contributed by atoms with Gasteiger partial charge >= 0.3 is 0 Å². The molecule has 0 atom stereocenters. The number of hydrogen-bond acceptors (Lipinski definition) is 2. The van der Waals surface area contributed by atoms with Crippen LogP contribution in [-0.4, -0.2) is 30.0 Å². The van der Waals surface area contributed by atoms with Gasteiger partial charge in [0, 0.05) is 5.69 Å². The summed E-state index contributed by atoms with van der Waals surface area (Å²) in [5.41, 5.74) is 1.91. The minimum absolute atomic E-state index is 0.200. The van der Waals surface area contributed by atoms with Crippen molar-refractivity contribution in [1.82, 2.24) is 9.88 Å². The molecule has 0 bridgehead atoms. The Morgan fingerprint density at radius 1 is 1.25 bits per heavy atom. The van der Waals surface area contributed by atoms with Gasteiger partial charge in [0.25, 0.3) is 5.56 Å². The molecule has 20 heavy (non-hydrogen) atoms. The highest BCUT2D eigenvalue weighted by molar-refractivity contribution is 5.86. The maximum atomic E-state index is 13.4. The summed E-state index contributed by atoms with van der Waals surface area (Å²) in [6.07, 6.45) is 2.16. The van der Waals surface area contributed by atoms with Crippen LogP contribution in [0.25, 0.3) is 10.8 Å². The summed E-state index contributed by atoms with van der Waals surface area (Å²) < 4.78 is 13.4. The molecule has 2 aromatic rings. The van der Waals surface area contributed by atoms with Gasteiger partial charge in [0.05, 0.1) is 5.39 Å². The molecule has 1 fully saturated rings. The Morgan fingerprint density at radius 3 is 2.65 bits per heavy atom. The van der Waals surface area contributed by atoms with Crippen molar-refractivity contribution in [2.75, 3.05) is 20.1 Å². The Hall–Kier alpha value is -1.68. The van der Waals surface area contributed by atoms with E-state index < -0.39 is 0 Å². The van der Waals surface area contributed by atoms with E-state index >= 15 is 0 Å². The Morgan fingerprint density at radius 2 is 1.95 bits per heavy atom. The number of nitrogens with one attached hydrogen (secondary N) is 1. The van der Waals surface area contributed by atoms with E-state index in [-0.39, 0.29) is 11.4 Å². The van der Waals surface area contributed by atoms with E-state index in [1.807, 2.05) is 6.92 Å². The van der Waals surface area contributed by atoms with Crippen LogP contribution in [-0.2, 0) is 0 Å². The van der Waals surface area contributed by atoms with Crippen LogP contribution < -0.4 is 5.56 Å². The number of piperidine rings is 1. The Kier molecular flexibility index (Phi) is 3.34. The first-order valence-electron chi connectivity index (χ1n) is 7.07. The molecular formula is C16H19FN2O. The molecule has 1 saturated heterocycles. The Balaban J connectivity index is 2.17. The number of nitrogens with zero attached hydrogens (tertiary/aromatic N) is 1. The fourth-order valence-electron chi connectivity index (χ4n) is 3.27. The molecule has 2 heterocycles. The van der Waals surface area contributed by atoms with Crippen LogP contribution >= 0.6 is 0 Å². The monoisotopic (exact) mass is 274 g/mol. The van der Waals surface area contributed by atoms with E-state index in [0.29, 0.717) is 11.3 Å². The summed E-state index contributed by atoms with van der Waals surface area (Å²) >= 11 is 0. The zero-order valence-corrected chi connectivity index (χ0v) is 11.9. The van der Waals surface area contributed by atoms with Gasteiger partial charge < -0.3 is 9.88 Å². The number of halogens is 1. The lowest BCUT2D eigenvalue weighted by Gasteiger charge is -2.30. The van der Waals surface area contributed by atoms with E-state index in [2.05, 4.69) is 16.9 Å². The highest BCUT2D eigenvalue weighted by Gasteiger charge is 2.22. The molecule has 106 valence electrons. The minimum atomic E-state index is -0.360. The Labute approximate surface area is 117 Å². The molecular weight excluding hydrogens is 255 g/mol. The molecule has 0 unspecified atom stereocenters. The van der Waals surface area contributed by atoms with E-state index in [4.69, 9.17) is 0 Å². The van der Waals surface area contributed by atoms with Crippen molar-refractivity contribution in [3.05, 3.63) is 45.6 Å². The lowest BCUT2D eigenvalue weighted by molar-refractivity contribution is 0.255. The molecule has 0 amide bonds. The summed E-state index contributed by atoms with van der Waals surface area (Å²) in [5.74, 6) is 0.0807. The van der Waals surface area contributed by atoms with E-state index in [1.54, 1.807) is 6.07 Å². The van der Waals surface area contributed by atoms with Gasteiger partial charge in [-0.25, -0.2) is 4.39 Å². The van der Waals surface area contributed by atoms with Crippen molar-refractivity contribution < 1.29 is 4.39 Å². The predicted octanol–water partition coefficient (Wildman–Crippen LogP) is 2.78. The van der Waals surface area contributed by atoms with Gasteiger partial charge in [0.2, 0.25) is 0 Å². The maximum absolute atomic E-state index is 13.4. The number of hydrogen-bond donors (Lipinski definition) is 1. The van der Waals surface area contributed by atoms with Crippen LogP contribution in [0, 0.1) is 12.7 Å². The van der Waals surface area contributed by atoms with E-state index in [0.717, 1.165) is 37.0 Å². The van der Waals surface area contributed by atoms with Gasteiger partial charge in [-0.2, -0.15) is 0 Å². The number of rotatable bonds is 1. The molecule has 1 aromatic carbocycles. The van der Waals surface area contributed by atoms with Crippen molar-refractivity contribution in [2.45, 2.75) is 25.7 Å². The van der Waals surface area contributed by atoms with Crippen LogP contribution in [0.1, 0.15) is 30.0 Å². The zero-order valence-electron chi connectivity index (χ0n) is 11.9. The summed E-state index contributed by atoms with van der Waals surface area (Å²) in [6.45, 7) is 4.07. The second kappa shape index (κ2) is 5.02. The van der Waals surface area contributed by atoms with Crippen molar-refractivity contribution in [2.24, 2.45) is 0 Å². The lowest BCUT2D eigenvalue weighted by Crippen LogP contribution is -2.30. The summed E-state index contributed by atoms with van der Waals surface area (Å²) in [5, 5.41) is 1.37. The number of likely N-dealkylation sites (tertiary alicyclic amines) is 1. The van der Waals surface area contributed by atoms with Crippen LogP contribution in [0.2, 0.25) is 0 Å². The highest BCUT2D eigenvalue weighted by atomic mass is 19.1. The molecule has 1 aromatic heterocycles. The fourth-order valence-corrected chi connectivity index (χ4v) is 3.27. The Bertz CT molecular complexity index is 699. The van der Waals surface area contributed by atoms with Gasteiger partial charge in [-0.05, 0) is 68.9 Å². The number of aromatic amines is 1. The SMILES string of the molecule is Cc1[nH]c(=O)c2cc(F)ccc2c1C1CCN(C)CC1. The molecule has 1 aliphatic heterocycles. The van der Waals surface area contributed by atoms with Crippen LogP contribution in [0.4, 0.5) is 4.39 Å². The number of aromatic nitrogens is 1. The molecule has 3 nitrogen and oxygen atoms in total. The first kappa shape index (κ1) is 13.3. The summed E-state index contributed by atoms with van der Waals surface area (Å²) in [7, 11) is 2.13. The molecule has 0 spiro atoms. The maximum Gasteiger partial charge on any atom is 0.256 e. The highest BCUT2D eigenvalue weighted by Crippen LogP contribution is 2.33. The number of benzene rings is 1. The molecule has 4 heteroatoms. The summed E-state index contributed by atoms with van der Waals surface area (Å²) in [4.78, 5) is 17.2.